The van der Waals surface area contributed by atoms with Crippen molar-refractivity contribution in [2.24, 2.45) is 10.7 Å². The number of nitrogens with two attached hydrogens (primary N) is 1. The molecule has 6 heteroatoms. The number of aliphatic imine (C=N–C) groups is 1. The molecule has 1 aromatic carbocycles. The van der Waals surface area contributed by atoms with Crippen molar-refractivity contribution in [3.8, 4) is 0 Å². The molecular weight excluding hydrogens is 244 g/mol. The Kier molecular flexibility index (Phi) is 2.70. The molecule has 19 heavy (non-hydrogen) atoms. The fraction of sp³-hybridized carbons (Fsp3) is 0.308. The van der Waals surface area contributed by atoms with Gasteiger partial charge in [-0.05, 0) is 18.6 Å². The van der Waals surface area contributed by atoms with Crippen molar-refractivity contribution in [3.05, 3.63) is 29.8 Å². The van der Waals surface area contributed by atoms with Crippen LogP contribution in [-0.4, -0.2) is 42.3 Å². The quantitative estimate of drug-likeness (QED) is 0.841. The Bertz CT molecular complexity index is 582. The number of benzene rings is 1. The third-order valence-electron chi connectivity index (χ3n) is 3.27. The van der Waals surface area contributed by atoms with Crippen molar-refractivity contribution >= 4 is 23.5 Å². The van der Waals surface area contributed by atoms with Gasteiger partial charge >= 0.3 is 6.03 Å². The molecule has 2 aliphatic rings. The Morgan fingerprint density at radius 3 is 2.95 bits per heavy atom. The van der Waals surface area contributed by atoms with Crippen LogP contribution in [0.25, 0.3) is 0 Å². The summed E-state index contributed by atoms with van der Waals surface area (Å²) in [4.78, 5) is 31.1. The summed E-state index contributed by atoms with van der Waals surface area (Å²) in [5, 5.41) is 0. The zero-order valence-corrected chi connectivity index (χ0v) is 10.4. The summed E-state index contributed by atoms with van der Waals surface area (Å²) < 4.78 is 0. The third-order valence-corrected chi connectivity index (χ3v) is 3.27. The van der Waals surface area contributed by atoms with Crippen LogP contribution >= 0.6 is 0 Å². The molecule has 3 rings (SSSR count). The number of nitrogens with zero attached hydrogens (tertiary/aromatic N) is 3. The van der Waals surface area contributed by atoms with Gasteiger partial charge in [-0.3, -0.25) is 19.6 Å². The van der Waals surface area contributed by atoms with E-state index in [0.717, 1.165) is 18.5 Å². The number of primary amides is 1. The van der Waals surface area contributed by atoms with E-state index in [1.165, 1.54) is 4.90 Å². The molecule has 0 spiro atoms. The van der Waals surface area contributed by atoms with Crippen molar-refractivity contribution < 1.29 is 9.59 Å². The number of rotatable bonds is 2. The molecule has 0 atom stereocenters. The Morgan fingerprint density at radius 2 is 2.16 bits per heavy atom. The number of fused-ring (bicyclic) bond motifs is 3. The molecule has 2 N–H and O–H groups in total. The number of amidine groups is 1. The summed E-state index contributed by atoms with van der Waals surface area (Å²) in [7, 11) is 0. The van der Waals surface area contributed by atoms with Crippen LogP contribution in [0.2, 0.25) is 0 Å². The highest BCUT2D eigenvalue weighted by Crippen LogP contribution is 2.30. The van der Waals surface area contributed by atoms with Crippen LogP contribution in [0.15, 0.2) is 29.3 Å². The lowest BCUT2D eigenvalue weighted by Crippen LogP contribution is -2.54. The average molecular weight is 258 g/mol. The number of amides is 3. The number of carbonyl (C=O) groups is 2. The maximum Gasteiger partial charge on any atom is 0.330 e. The van der Waals surface area contributed by atoms with E-state index in [0.29, 0.717) is 18.1 Å². The summed E-state index contributed by atoms with van der Waals surface area (Å²) in [5.41, 5.74) is 6.80. The fourth-order valence-corrected chi connectivity index (χ4v) is 2.48. The molecule has 0 unspecified atom stereocenters. The van der Waals surface area contributed by atoms with E-state index in [1.807, 2.05) is 24.3 Å². The summed E-state index contributed by atoms with van der Waals surface area (Å²) in [6, 6.07) is 7.22. The lowest BCUT2D eigenvalue weighted by Gasteiger charge is -2.38. The lowest BCUT2D eigenvalue weighted by molar-refractivity contribution is -0.116. The third kappa shape index (κ3) is 1.85. The van der Waals surface area contributed by atoms with Crippen molar-refractivity contribution in [3.63, 3.8) is 0 Å². The largest absolute Gasteiger partial charge is 0.368 e. The molecule has 2 heterocycles. The van der Waals surface area contributed by atoms with E-state index in [1.54, 1.807) is 4.90 Å². The minimum Gasteiger partial charge on any atom is -0.368 e. The van der Waals surface area contributed by atoms with Gasteiger partial charge in [0.1, 0.15) is 12.4 Å². The van der Waals surface area contributed by atoms with Crippen molar-refractivity contribution in [1.82, 2.24) is 4.90 Å². The Hall–Kier alpha value is -2.37. The van der Waals surface area contributed by atoms with Gasteiger partial charge in [-0.1, -0.05) is 12.1 Å². The van der Waals surface area contributed by atoms with Crippen molar-refractivity contribution in [2.45, 2.75) is 6.42 Å². The highest BCUT2D eigenvalue weighted by Gasteiger charge is 2.36. The zero-order valence-electron chi connectivity index (χ0n) is 10.4. The van der Waals surface area contributed by atoms with E-state index in [-0.39, 0.29) is 12.6 Å². The van der Waals surface area contributed by atoms with Gasteiger partial charge in [0.05, 0.1) is 5.69 Å². The second-order valence-corrected chi connectivity index (χ2v) is 4.56. The van der Waals surface area contributed by atoms with E-state index >= 15 is 0 Å². The Labute approximate surface area is 110 Å². The highest BCUT2D eigenvalue weighted by atomic mass is 16.2. The van der Waals surface area contributed by atoms with E-state index < -0.39 is 5.91 Å². The molecule has 0 bridgehead atoms. The maximum atomic E-state index is 12.4. The SMILES string of the molecule is NC(=O)CN1C(=O)N2CCCN=C2c2ccccc21. The number of para-hydroxylation sites is 1. The molecule has 6 nitrogen and oxygen atoms in total. The van der Waals surface area contributed by atoms with Crippen LogP contribution in [0.3, 0.4) is 0 Å². The van der Waals surface area contributed by atoms with Crippen LogP contribution in [-0.2, 0) is 4.79 Å². The Balaban J connectivity index is 2.13. The first kappa shape index (κ1) is 11.7. The fourth-order valence-electron chi connectivity index (χ4n) is 2.48. The van der Waals surface area contributed by atoms with Gasteiger partial charge in [0.2, 0.25) is 5.91 Å². The van der Waals surface area contributed by atoms with Crippen LogP contribution in [0.1, 0.15) is 12.0 Å². The van der Waals surface area contributed by atoms with Crippen LogP contribution in [0, 0.1) is 0 Å². The van der Waals surface area contributed by atoms with Crippen molar-refractivity contribution in [2.75, 3.05) is 24.5 Å². The van der Waals surface area contributed by atoms with Gasteiger partial charge < -0.3 is 5.73 Å². The number of anilines is 1. The monoisotopic (exact) mass is 258 g/mol. The molecule has 1 aromatic rings. The second kappa shape index (κ2) is 4.38. The minimum atomic E-state index is -0.527. The number of urea groups is 1. The summed E-state index contributed by atoms with van der Waals surface area (Å²) >= 11 is 0. The second-order valence-electron chi connectivity index (χ2n) is 4.56. The van der Waals surface area contributed by atoms with Gasteiger partial charge in [-0.15, -0.1) is 0 Å². The van der Waals surface area contributed by atoms with E-state index in [2.05, 4.69) is 4.99 Å². The highest BCUT2D eigenvalue weighted by molar-refractivity contribution is 6.20. The molecule has 98 valence electrons. The standard InChI is InChI=1S/C13H14N4O2/c14-11(18)8-17-10-5-2-1-4-9(10)12-15-6-3-7-16(12)13(17)19/h1-2,4-5H,3,6-8H2,(H2,14,18). The summed E-state index contributed by atoms with van der Waals surface area (Å²) in [6.07, 6.45) is 0.835. The van der Waals surface area contributed by atoms with Gasteiger partial charge in [-0.2, -0.15) is 0 Å². The lowest BCUT2D eigenvalue weighted by atomic mass is 10.1. The molecule has 0 radical (unpaired) electrons. The topological polar surface area (TPSA) is 79.0 Å². The molecule has 3 amide bonds. The van der Waals surface area contributed by atoms with Crippen LogP contribution < -0.4 is 10.6 Å². The van der Waals surface area contributed by atoms with Gasteiger partial charge in [-0.25, -0.2) is 4.79 Å². The number of hydrogen-bond acceptors (Lipinski definition) is 3. The van der Waals surface area contributed by atoms with Gasteiger partial charge in [0, 0.05) is 18.7 Å². The first-order valence-corrected chi connectivity index (χ1v) is 6.19. The zero-order chi connectivity index (χ0) is 13.4. The summed E-state index contributed by atoms with van der Waals surface area (Å²) in [5.74, 6) is 0.174. The first-order valence-electron chi connectivity index (χ1n) is 6.19. The molecule has 0 aromatic heterocycles. The summed E-state index contributed by atoms with van der Waals surface area (Å²) in [6.45, 7) is 1.24. The molecule has 0 fully saturated rings. The minimum absolute atomic E-state index is 0.111. The average Bonchev–Trinajstić information content (AvgIpc) is 2.43. The van der Waals surface area contributed by atoms with Crippen molar-refractivity contribution in [1.29, 1.82) is 0 Å². The maximum absolute atomic E-state index is 12.4. The van der Waals surface area contributed by atoms with Crippen LogP contribution in [0.5, 0.6) is 0 Å². The van der Waals surface area contributed by atoms with Gasteiger partial charge in [0.25, 0.3) is 0 Å². The Morgan fingerprint density at radius 1 is 1.37 bits per heavy atom. The molecule has 0 saturated heterocycles. The predicted molar refractivity (Wildman–Crippen MR) is 71.1 cm³/mol. The van der Waals surface area contributed by atoms with E-state index in [4.69, 9.17) is 5.73 Å². The molecule has 0 saturated carbocycles. The van der Waals surface area contributed by atoms with Crippen LogP contribution in [0.4, 0.5) is 10.5 Å². The smallest absolute Gasteiger partial charge is 0.330 e. The molecule has 2 aliphatic heterocycles. The molecule has 0 aliphatic carbocycles. The van der Waals surface area contributed by atoms with Gasteiger partial charge in [0.15, 0.2) is 0 Å². The predicted octanol–water partition coefficient (Wildman–Crippen LogP) is 0.564. The number of hydrogen-bond donors (Lipinski definition) is 1. The normalized spacial score (nSPS) is 17.7. The molecular formula is C13H14N4O2. The van der Waals surface area contributed by atoms with E-state index in [9.17, 15) is 9.59 Å². The number of carbonyl (C=O) groups excluding carboxylic acids is 2. The first-order chi connectivity index (χ1) is 9.18.